The van der Waals surface area contributed by atoms with Crippen LogP contribution in [0.3, 0.4) is 0 Å². The van der Waals surface area contributed by atoms with E-state index in [-0.39, 0.29) is 10.9 Å². The largest absolute Gasteiger partial charge is 0.495 e. The summed E-state index contributed by atoms with van der Waals surface area (Å²) in [5.74, 6) is 0.712. The summed E-state index contributed by atoms with van der Waals surface area (Å²) >= 11 is 0. The van der Waals surface area contributed by atoms with Gasteiger partial charge in [-0.15, -0.1) is 0 Å². The van der Waals surface area contributed by atoms with Crippen molar-refractivity contribution in [2.75, 3.05) is 20.7 Å². The summed E-state index contributed by atoms with van der Waals surface area (Å²) in [4.78, 5) is 0.237. The molecular weight excluding hydrogens is 300 g/mol. The summed E-state index contributed by atoms with van der Waals surface area (Å²) in [7, 11) is -0.525. The van der Waals surface area contributed by atoms with E-state index < -0.39 is 10.0 Å². The molecule has 0 saturated carbocycles. The van der Waals surface area contributed by atoms with Gasteiger partial charge in [0.15, 0.2) is 0 Å². The van der Waals surface area contributed by atoms with E-state index >= 15 is 0 Å². The van der Waals surface area contributed by atoms with E-state index in [0.29, 0.717) is 30.2 Å². The molecule has 126 valence electrons. The quantitative estimate of drug-likeness (QED) is 0.833. The first-order valence-corrected chi connectivity index (χ1v) is 8.92. The van der Waals surface area contributed by atoms with Gasteiger partial charge in [0.05, 0.1) is 7.11 Å². The molecule has 0 amide bonds. The van der Waals surface area contributed by atoms with Crippen molar-refractivity contribution in [3.05, 3.63) is 23.3 Å². The number of methoxy groups -OCH3 is 1. The lowest BCUT2D eigenvalue weighted by Crippen LogP contribution is -2.35. The highest BCUT2D eigenvalue weighted by atomic mass is 32.2. The summed E-state index contributed by atoms with van der Waals surface area (Å²) < 4.78 is 32.3. The zero-order valence-corrected chi connectivity index (χ0v) is 15.2. The fourth-order valence-corrected chi connectivity index (χ4v) is 3.86. The van der Waals surface area contributed by atoms with E-state index in [9.17, 15) is 8.42 Å². The highest BCUT2D eigenvalue weighted by molar-refractivity contribution is 7.89. The van der Waals surface area contributed by atoms with Crippen LogP contribution in [-0.2, 0) is 10.0 Å². The molecule has 0 aliphatic rings. The molecule has 1 rings (SSSR count). The lowest BCUT2D eigenvalue weighted by atomic mass is 10.0. The maximum absolute atomic E-state index is 12.8. The first-order chi connectivity index (χ1) is 10.1. The number of nitrogens with zero attached hydrogens (tertiary/aromatic N) is 1. The zero-order chi connectivity index (χ0) is 17.1. The molecule has 1 atom stereocenters. The van der Waals surface area contributed by atoms with Crippen LogP contribution in [0.5, 0.6) is 5.75 Å². The predicted octanol–water partition coefficient (Wildman–Crippen LogP) is 2.31. The number of hydrogen-bond acceptors (Lipinski definition) is 4. The maximum Gasteiger partial charge on any atom is 0.246 e. The molecule has 0 aromatic heterocycles. The zero-order valence-electron chi connectivity index (χ0n) is 14.4. The van der Waals surface area contributed by atoms with Gasteiger partial charge in [0.2, 0.25) is 10.0 Å². The van der Waals surface area contributed by atoms with Crippen molar-refractivity contribution in [1.29, 1.82) is 0 Å². The molecule has 1 aromatic carbocycles. The molecule has 22 heavy (non-hydrogen) atoms. The van der Waals surface area contributed by atoms with Crippen molar-refractivity contribution in [3.8, 4) is 5.75 Å². The molecule has 0 heterocycles. The minimum atomic E-state index is -3.60. The van der Waals surface area contributed by atoms with E-state index in [0.717, 1.165) is 5.56 Å². The Bertz CT molecular complexity index is 612. The normalized spacial score (nSPS) is 13.7. The average molecular weight is 328 g/mol. The molecule has 0 bridgehead atoms. The molecule has 5 nitrogen and oxygen atoms in total. The average Bonchev–Trinajstić information content (AvgIpc) is 2.42. The summed E-state index contributed by atoms with van der Waals surface area (Å²) in [6.07, 6.45) is 0.626. The van der Waals surface area contributed by atoms with Crippen molar-refractivity contribution < 1.29 is 13.2 Å². The van der Waals surface area contributed by atoms with Crippen molar-refractivity contribution >= 4 is 10.0 Å². The van der Waals surface area contributed by atoms with Gasteiger partial charge in [0.1, 0.15) is 10.6 Å². The number of nitrogens with two attached hydrogens (primary N) is 1. The van der Waals surface area contributed by atoms with Crippen LogP contribution in [0.25, 0.3) is 0 Å². The molecular formula is C16H28N2O3S. The first kappa shape index (κ1) is 18.9. The molecule has 2 N–H and O–H groups in total. The topological polar surface area (TPSA) is 72.6 Å². The van der Waals surface area contributed by atoms with Crippen molar-refractivity contribution in [3.63, 3.8) is 0 Å². The molecule has 0 aliphatic carbocycles. The summed E-state index contributed by atoms with van der Waals surface area (Å²) in [5.41, 5.74) is 7.67. The summed E-state index contributed by atoms with van der Waals surface area (Å²) in [6.45, 7) is 8.16. The van der Waals surface area contributed by atoms with E-state index in [4.69, 9.17) is 10.5 Å². The van der Waals surface area contributed by atoms with Crippen molar-refractivity contribution in [1.82, 2.24) is 4.31 Å². The van der Waals surface area contributed by atoms with Gasteiger partial charge in [-0.25, -0.2) is 12.7 Å². The van der Waals surface area contributed by atoms with Gasteiger partial charge >= 0.3 is 0 Å². The number of aryl methyl sites for hydroxylation is 2. The van der Waals surface area contributed by atoms with Gasteiger partial charge in [0, 0.05) is 19.6 Å². The second kappa shape index (κ2) is 7.44. The van der Waals surface area contributed by atoms with E-state index in [1.165, 1.54) is 11.4 Å². The van der Waals surface area contributed by atoms with Crippen LogP contribution >= 0.6 is 0 Å². The fourth-order valence-electron chi connectivity index (χ4n) is 2.34. The molecule has 6 heteroatoms. The minimum Gasteiger partial charge on any atom is -0.495 e. The fraction of sp³-hybridized carbons (Fsp3) is 0.625. The maximum atomic E-state index is 12.8. The Kier molecular flexibility index (Phi) is 6.40. The Labute approximate surface area is 134 Å². The standard InChI is InChI=1S/C16H28N2O3S/c1-11(2)14(17)7-8-18(5)22(19,20)16-13(4)9-12(3)10-15(16)21-6/h9-11,14H,7-8,17H2,1-6H3. The van der Waals surface area contributed by atoms with Crippen LogP contribution in [0.2, 0.25) is 0 Å². The van der Waals surface area contributed by atoms with Gasteiger partial charge in [-0.2, -0.15) is 0 Å². The molecule has 0 saturated heterocycles. The summed E-state index contributed by atoms with van der Waals surface area (Å²) in [5, 5.41) is 0. The lowest BCUT2D eigenvalue weighted by Gasteiger charge is -2.23. The lowest BCUT2D eigenvalue weighted by molar-refractivity contribution is 0.385. The van der Waals surface area contributed by atoms with Gasteiger partial charge in [-0.1, -0.05) is 19.9 Å². The third-order valence-corrected chi connectivity index (χ3v) is 5.95. The van der Waals surface area contributed by atoms with Crippen LogP contribution in [0.1, 0.15) is 31.4 Å². The highest BCUT2D eigenvalue weighted by Gasteiger charge is 2.27. The number of benzene rings is 1. The van der Waals surface area contributed by atoms with Crippen LogP contribution in [0, 0.1) is 19.8 Å². The highest BCUT2D eigenvalue weighted by Crippen LogP contribution is 2.31. The van der Waals surface area contributed by atoms with Crippen LogP contribution in [0.15, 0.2) is 17.0 Å². The number of ether oxygens (including phenoxy) is 1. The molecule has 1 aromatic rings. The summed E-state index contributed by atoms with van der Waals surface area (Å²) in [6, 6.07) is 3.58. The SMILES string of the molecule is COc1cc(C)cc(C)c1S(=O)(=O)N(C)CCC(N)C(C)C. The van der Waals surface area contributed by atoms with E-state index in [2.05, 4.69) is 0 Å². The molecule has 0 fully saturated rings. The molecule has 0 spiro atoms. The Morgan fingerprint density at radius 2 is 1.86 bits per heavy atom. The van der Waals surface area contributed by atoms with Crippen molar-refractivity contribution in [2.24, 2.45) is 11.7 Å². The predicted molar refractivity (Wildman–Crippen MR) is 89.7 cm³/mol. The number of hydrogen-bond donors (Lipinski definition) is 1. The monoisotopic (exact) mass is 328 g/mol. The Hall–Kier alpha value is -1.11. The van der Waals surface area contributed by atoms with Gasteiger partial charge in [-0.05, 0) is 43.4 Å². The van der Waals surface area contributed by atoms with E-state index in [1.807, 2.05) is 26.8 Å². The van der Waals surface area contributed by atoms with Crippen LogP contribution < -0.4 is 10.5 Å². The smallest absolute Gasteiger partial charge is 0.246 e. The molecule has 0 radical (unpaired) electrons. The minimum absolute atomic E-state index is 0.0151. The Morgan fingerprint density at radius 3 is 2.36 bits per heavy atom. The molecule has 0 aliphatic heterocycles. The van der Waals surface area contributed by atoms with Crippen LogP contribution in [-0.4, -0.2) is 39.5 Å². The van der Waals surface area contributed by atoms with Crippen molar-refractivity contribution in [2.45, 2.75) is 45.1 Å². The third kappa shape index (κ3) is 4.21. The molecule has 1 unspecified atom stereocenters. The van der Waals surface area contributed by atoms with Crippen LogP contribution in [0.4, 0.5) is 0 Å². The van der Waals surface area contributed by atoms with Gasteiger partial charge < -0.3 is 10.5 Å². The number of rotatable bonds is 7. The second-order valence-corrected chi connectivity index (χ2v) is 8.12. The van der Waals surface area contributed by atoms with Gasteiger partial charge in [0.25, 0.3) is 0 Å². The second-order valence-electron chi connectivity index (χ2n) is 6.14. The Balaban J connectivity index is 3.09. The van der Waals surface area contributed by atoms with E-state index in [1.54, 1.807) is 20.0 Å². The van der Waals surface area contributed by atoms with Gasteiger partial charge in [-0.3, -0.25) is 0 Å². The number of sulfonamides is 1. The first-order valence-electron chi connectivity index (χ1n) is 7.48. The third-order valence-electron chi connectivity index (χ3n) is 3.91. The Morgan fingerprint density at radius 1 is 1.27 bits per heavy atom.